The zero-order chi connectivity index (χ0) is 14.3. The predicted octanol–water partition coefficient (Wildman–Crippen LogP) is 1.60. The molecule has 110 valence electrons. The predicted molar refractivity (Wildman–Crippen MR) is 79.1 cm³/mol. The molecule has 4 N–H and O–H groups in total. The minimum absolute atomic E-state index is 0.00431. The molecule has 0 radical (unpaired) electrons. The number of nitrogen functional groups attached to an aromatic ring is 1. The summed E-state index contributed by atoms with van der Waals surface area (Å²) >= 11 is 1.32. The Hall–Kier alpha value is -1.34. The maximum Gasteiger partial charge on any atom is 0.265 e. The van der Waals surface area contributed by atoms with Gasteiger partial charge in [0.05, 0.1) is 11.6 Å². The molecule has 1 saturated heterocycles. The van der Waals surface area contributed by atoms with E-state index >= 15 is 0 Å². The van der Waals surface area contributed by atoms with Gasteiger partial charge in [-0.15, -0.1) is 0 Å². The van der Waals surface area contributed by atoms with Crippen LogP contribution in [-0.2, 0) is 4.74 Å². The third-order valence-electron chi connectivity index (χ3n) is 4.05. The molecule has 2 fully saturated rings. The molecular weight excluding hydrogens is 276 g/mol. The largest absolute Gasteiger partial charge is 0.382 e. The van der Waals surface area contributed by atoms with Gasteiger partial charge in [0, 0.05) is 12.6 Å². The molecule has 0 bridgehead atoms. The van der Waals surface area contributed by atoms with E-state index in [0.29, 0.717) is 23.3 Å². The molecule has 1 aromatic rings. The molecule has 1 aromatic heterocycles. The van der Waals surface area contributed by atoms with Crippen LogP contribution >= 0.6 is 11.3 Å². The summed E-state index contributed by atoms with van der Waals surface area (Å²) in [7, 11) is 0. The van der Waals surface area contributed by atoms with Crippen LogP contribution in [0.1, 0.15) is 42.8 Å². The molecule has 20 heavy (non-hydrogen) atoms. The van der Waals surface area contributed by atoms with Crippen molar-refractivity contribution in [3.8, 4) is 0 Å². The van der Waals surface area contributed by atoms with E-state index in [1.165, 1.54) is 11.3 Å². The van der Waals surface area contributed by atoms with E-state index in [2.05, 4.69) is 15.6 Å². The monoisotopic (exact) mass is 296 g/mol. The van der Waals surface area contributed by atoms with E-state index in [1.54, 1.807) is 0 Å². The van der Waals surface area contributed by atoms with Crippen molar-refractivity contribution in [1.29, 1.82) is 0 Å². The molecule has 6 nitrogen and oxygen atoms in total. The summed E-state index contributed by atoms with van der Waals surface area (Å²) in [5.41, 5.74) is 5.52. The second kappa shape index (κ2) is 4.89. The Morgan fingerprint density at radius 3 is 2.90 bits per heavy atom. The molecule has 1 aliphatic carbocycles. The molecule has 0 spiro atoms. The Balaban J connectivity index is 1.71. The number of carbonyl (C=O) groups is 1. The van der Waals surface area contributed by atoms with E-state index in [1.807, 2.05) is 13.8 Å². The van der Waals surface area contributed by atoms with Gasteiger partial charge in [0.1, 0.15) is 10.7 Å². The third kappa shape index (κ3) is 2.60. The first-order valence-corrected chi connectivity index (χ1v) is 7.76. The van der Waals surface area contributed by atoms with Gasteiger partial charge in [-0.05, 0) is 33.1 Å². The summed E-state index contributed by atoms with van der Waals surface area (Å²) in [6, 6.07) is 0.497. The summed E-state index contributed by atoms with van der Waals surface area (Å²) in [4.78, 5) is 17.1. The van der Waals surface area contributed by atoms with Crippen molar-refractivity contribution < 1.29 is 9.53 Å². The van der Waals surface area contributed by atoms with Crippen LogP contribution in [-0.4, -0.2) is 35.2 Å². The molecule has 3 rings (SSSR count). The molecule has 2 aliphatic rings. The molecule has 1 aliphatic heterocycles. The summed E-state index contributed by atoms with van der Waals surface area (Å²) in [6.07, 6.45) is 3.14. The number of nitrogens with zero attached hydrogens (tertiary/aromatic N) is 1. The molecule has 1 saturated carbocycles. The number of nitrogens with two attached hydrogens (primary N) is 1. The van der Waals surface area contributed by atoms with Crippen LogP contribution in [0, 0.1) is 0 Å². The van der Waals surface area contributed by atoms with Crippen LogP contribution in [0.3, 0.4) is 0 Å². The van der Waals surface area contributed by atoms with E-state index in [9.17, 15) is 4.79 Å². The molecule has 2 heterocycles. The number of hydrogen-bond acceptors (Lipinski definition) is 6. The molecule has 2 unspecified atom stereocenters. The lowest BCUT2D eigenvalue weighted by Gasteiger charge is -2.28. The standard InChI is InChI=1S/C13H20N4O2S/c1-7-13(2,5-6-19-7)17-11(18)9-10(14)16-12(20-9)15-8-3-4-8/h7-8H,3-6,14H2,1-2H3,(H,15,16)(H,17,18). The first-order chi connectivity index (χ1) is 9.48. The Labute approximate surface area is 122 Å². The van der Waals surface area contributed by atoms with Crippen LogP contribution in [0.2, 0.25) is 0 Å². The first kappa shape index (κ1) is 13.6. The number of rotatable bonds is 4. The van der Waals surface area contributed by atoms with Gasteiger partial charge in [-0.25, -0.2) is 4.98 Å². The lowest BCUT2D eigenvalue weighted by Crippen LogP contribution is -2.50. The van der Waals surface area contributed by atoms with Gasteiger partial charge in [0.2, 0.25) is 0 Å². The lowest BCUT2D eigenvalue weighted by atomic mass is 9.94. The van der Waals surface area contributed by atoms with Crippen LogP contribution in [0.25, 0.3) is 0 Å². The fourth-order valence-corrected chi connectivity index (χ4v) is 3.13. The van der Waals surface area contributed by atoms with Crippen molar-refractivity contribution in [3.05, 3.63) is 4.88 Å². The van der Waals surface area contributed by atoms with Crippen molar-refractivity contribution in [3.63, 3.8) is 0 Å². The Morgan fingerprint density at radius 2 is 2.30 bits per heavy atom. The number of aromatic nitrogens is 1. The second-order valence-electron chi connectivity index (χ2n) is 5.79. The Kier molecular flexibility index (Phi) is 3.33. The van der Waals surface area contributed by atoms with Crippen LogP contribution in [0.15, 0.2) is 0 Å². The average Bonchev–Trinajstić information content (AvgIpc) is 3.02. The van der Waals surface area contributed by atoms with Gasteiger partial charge in [-0.1, -0.05) is 11.3 Å². The van der Waals surface area contributed by atoms with Crippen molar-refractivity contribution >= 4 is 28.2 Å². The van der Waals surface area contributed by atoms with Gasteiger partial charge in [0.25, 0.3) is 5.91 Å². The summed E-state index contributed by atoms with van der Waals surface area (Å²) in [5.74, 6) is 0.134. The number of hydrogen-bond donors (Lipinski definition) is 3. The summed E-state index contributed by atoms with van der Waals surface area (Å²) in [6.45, 7) is 4.65. The van der Waals surface area contributed by atoms with Gasteiger partial charge >= 0.3 is 0 Å². The Bertz CT molecular complexity index is 528. The molecule has 7 heteroatoms. The van der Waals surface area contributed by atoms with Crippen molar-refractivity contribution in [2.75, 3.05) is 17.7 Å². The molecular formula is C13H20N4O2S. The maximum absolute atomic E-state index is 12.4. The molecule has 0 aromatic carbocycles. The highest BCUT2D eigenvalue weighted by Gasteiger charge is 2.39. The van der Waals surface area contributed by atoms with Gasteiger partial charge < -0.3 is 21.1 Å². The van der Waals surface area contributed by atoms with E-state index in [-0.39, 0.29) is 17.6 Å². The lowest BCUT2D eigenvalue weighted by molar-refractivity contribution is 0.0730. The van der Waals surface area contributed by atoms with Crippen molar-refractivity contribution in [2.24, 2.45) is 0 Å². The minimum atomic E-state index is -0.336. The van der Waals surface area contributed by atoms with Crippen LogP contribution in [0.4, 0.5) is 10.9 Å². The fraction of sp³-hybridized carbons (Fsp3) is 0.692. The first-order valence-electron chi connectivity index (χ1n) is 6.95. The highest BCUT2D eigenvalue weighted by atomic mass is 32.1. The van der Waals surface area contributed by atoms with Crippen molar-refractivity contribution in [1.82, 2.24) is 10.3 Å². The van der Waals surface area contributed by atoms with E-state index < -0.39 is 0 Å². The number of thiazole rings is 1. The second-order valence-corrected chi connectivity index (χ2v) is 6.79. The topological polar surface area (TPSA) is 89.3 Å². The van der Waals surface area contributed by atoms with Crippen molar-refractivity contribution in [2.45, 2.75) is 50.8 Å². The zero-order valence-electron chi connectivity index (χ0n) is 11.7. The quantitative estimate of drug-likeness (QED) is 0.785. The number of ether oxygens (including phenoxy) is 1. The number of amides is 1. The van der Waals surface area contributed by atoms with E-state index in [0.717, 1.165) is 24.4 Å². The minimum Gasteiger partial charge on any atom is -0.382 e. The van der Waals surface area contributed by atoms with Gasteiger partial charge in [0.15, 0.2) is 5.13 Å². The maximum atomic E-state index is 12.4. The number of nitrogens with one attached hydrogen (secondary N) is 2. The molecule has 1 amide bonds. The highest BCUT2D eigenvalue weighted by molar-refractivity contribution is 7.18. The normalized spacial score (nSPS) is 29.4. The average molecular weight is 296 g/mol. The van der Waals surface area contributed by atoms with Crippen LogP contribution in [0.5, 0.6) is 0 Å². The van der Waals surface area contributed by atoms with Gasteiger partial charge in [-0.2, -0.15) is 0 Å². The molecule has 2 atom stereocenters. The number of carbonyl (C=O) groups excluding carboxylic acids is 1. The SMILES string of the molecule is CC1OCCC1(C)NC(=O)c1sc(NC2CC2)nc1N. The third-order valence-corrected chi connectivity index (χ3v) is 5.05. The van der Waals surface area contributed by atoms with Crippen LogP contribution < -0.4 is 16.4 Å². The summed E-state index contributed by atoms with van der Waals surface area (Å²) < 4.78 is 5.53. The fourth-order valence-electron chi connectivity index (χ4n) is 2.27. The zero-order valence-corrected chi connectivity index (χ0v) is 12.5. The van der Waals surface area contributed by atoms with Gasteiger partial charge in [-0.3, -0.25) is 4.79 Å². The highest BCUT2D eigenvalue weighted by Crippen LogP contribution is 2.32. The smallest absolute Gasteiger partial charge is 0.265 e. The number of anilines is 2. The summed E-state index contributed by atoms with van der Waals surface area (Å²) in [5, 5.41) is 7.04. The van der Waals surface area contributed by atoms with E-state index in [4.69, 9.17) is 10.5 Å². The Morgan fingerprint density at radius 1 is 1.55 bits per heavy atom.